The summed E-state index contributed by atoms with van der Waals surface area (Å²) in [5.74, 6) is 0. The van der Waals surface area contributed by atoms with E-state index in [1.807, 2.05) is 6.07 Å². The summed E-state index contributed by atoms with van der Waals surface area (Å²) in [7, 11) is -3.66. The maximum atomic E-state index is 13.5. The van der Waals surface area contributed by atoms with Gasteiger partial charge in [0, 0.05) is 14.5 Å². The van der Waals surface area contributed by atoms with Crippen molar-refractivity contribution in [3.05, 3.63) is 162 Å². The molecule has 0 fully saturated rings. The van der Waals surface area contributed by atoms with Gasteiger partial charge in [0.05, 0.1) is 61.0 Å². The van der Waals surface area contributed by atoms with Crippen LogP contribution in [0, 0.1) is 0 Å². The van der Waals surface area contributed by atoms with Gasteiger partial charge in [0.2, 0.25) is 0 Å². The average Bonchev–Trinajstić information content (AvgIpc) is 3.55. The van der Waals surface area contributed by atoms with Crippen molar-refractivity contribution in [2.75, 3.05) is 43.1 Å². The van der Waals surface area contributed by atoms with E-state index in [4.69, 9.17) is 0 Å². The fraction of sp³-hybridized carbons (Fsp3) is 0.589. The summed E-state index contributed by atoms with van der Waals surface area (Å²) in [6.07, 6.45) is 42.8. The molecular weight excluding hydrogens is 1140 g/mol. The molecule has 8 heteroatoms. The topological polar surface area (TPSA) is 0 Å². The van der Waals surface area contributed by atoms with Crippen molar-refractivity contribution >= 4 is 37.7 Å². The van der Waals surface area contributed by atoms with E-state index in [9.17, 15) is 13.2 Å². The third kappa shape index (κ3) is 30.7. The maximum absolute atomic E-state index is 13.5. The van der Waals surface area contributed by atoms with Crippen LogP contribution in [-0.2, 0) is 18.5 Å². The van der Waals surface area contributed by atoms with Crippen LogP contribution >= 0.6 is 21.8 Å². The van der Waals surface area contributed by atoms with Gasteiger partial charge >= 0.3 is 6.18 Å². The molecule has 456 valence electrons. The zero-order valence-electron chi connectivity index (χ0n) is 52.3. The molecule has 0 atom stereocenters. The van der Waals surface area contributed by atoms with Crippen molar-refractivity contribution in [2.45, 2.75) is 234 Å². The lowest BCUT2D eigenvalue weighted by molar-refractivity contribution is -0.137. The van der Waals surface area contributed by atoms with Gasteiger partial charge in [-0.1, -0.05) is 248 Å². The molecule has 0 heterocycles. The molecule has 5 aromatic carbocycles. The normalized spacial score (nSPS) is 11.6. The van der Waals surface area contributed by atoms with Crippen LogP contribution in [0.2, 0.25) is 0 Å². The number of rotatable bonds is 40. The summed E-state index contributed by atoms with van der Waals surface area (Å²) in [5, 5.41) is 4.30. The molecule has 0 saturated heterocycles. The van der Waals surface area contributed by atoms with Crippen molar-refractivity contribution in [2.24, 2.45) is 0 Å². The Morgan fingerprint density at radius 1 is 0.296 bits per heavy atom. The minimum Gasteiger partial charge on any atom is -1.00 e. The molecule has 0 N–H and O–H groups in total. The molecule has 0 radical (unpaired) electrons. The van der Waals surface area contributed by atoms with Crippen molar-refractivity contribution in [1.29, 1.82) is 0 Å². The molecule has 0 aliphatic carbocycles. The molecule has 0 aliphatic rings. The highest BCUT2D eigenvalue weighted by Crippen LogP contribution is 2.64. The van der Waals surface area contributed by atoms with Crippen LogP contribution in [0.5, 0.6) is 0 Å². The van der Waals surface area contributed by atoms with Crippen LogP contribution in [0.3, 0.4) is 0 Å². The summed E-state index contributed by atoms with van der Waals surface area (Å²) in [6.45, 7) is 16.2. The third-order valence-electron chi connectivity index (χ3n) is 16.5. The Hall–Kier alpha value is -2.05. The second-order valence-corrected chi connectivity index (χ2v) is 35.6. The predicted octanol–water partition coefficient (Wildman–Crippen LogP) is 17.7. The fourth-order valence-corrected chi connectivity index (χ4v) is 26.1. The Kier molecular flexibility index (Phi) is 44.8. The molecule has 5 rings (SSSR count). The molecule has 81 heavy (non-hydrogen) atoms. The van der Waals surface area contributed by atoms with Crippen molar-refractivity contribution in [3.8, 4) is 0 Å². The molecule has 0 nitrogen and oxygen atoms in total. The third-order valence-corrected chi connectivity index (χ3v) is 30.8. The predicted molar refractivity (Wildman–Crippen MR) is 358 cm³/mol. The van der Waals surface area contributed by atoms with Crippen LogP contribution in [0.1, 0.15) is 232 Å². The van der Waals surface area contributed by atoms with E-state index in [0.717, 1.165) is 17.9 Å². The lowest BCUT2D eigenvalue weighted by Crippen LogP contribution is -3.00. The van der Waals surface area contributed by atoms with Gasteiger partial charge in [-0.3, -0.25) is 0 Å². The van der Waals surface area contributed by atoms with Gasteiger partial charge in [-0.05, 0) is 124 Å². The minimum atomic E-state index is -4.26. The zero-order chi connectivity index (χ0) is 57.2. The Morgan fingerprint density at radius 2 is 0.580 bits per heavy atom. The number of hydrogen-bond acceptors (Lipinski definition) is 0. The largest absolute Gasteiger partial charge is 1.00 e. The molecule has 0 spiro atoms. The smallest absolute Gasteiger partial charge is 0.416 e. The van der Waals surface area contributed by atoms with Gasteiger partial charge in [0.25, 0.3) is 0 Å². The zero-order valence-corrected chi connectivity index (χ0v) is 57.4. The number of hydrogen-bond donors (Lipinski definition) is 0. The molecule has 0 saturated carbocycles. The Balaban J connectivity index is 0.000000639. The van der Waals surface area contributed by atoms with Gasteiger partial charge in [0.15, 0.2) is 0 Å². The Bertz CT molecular complexity index is 2000. The standard InChI is InChI=1S/C32H57F3P.C25H22P.C16H36P.BrH.ClH/c1-4-7-10-13-16-19-25-36(26-20-17-14-11-8-5-2,27-21-18-15-12-9-6-3)29-30-23-22-24-31(28-30)32(33,34)35;1-5-13-22(14-6-1)21-26(23-15-7-2-8-16-23,24-17-9-3-10-18-24)25-19-11-4-12-20-25;1-5-9-13-17(14-10-6-2,15-11-7-3)16-12-8-4;;/h22-24,28H,4-21,25-27,29H2,1-3H3;1-20H,21H2;5-16H2,1-4H3;2*1H/q3*+1;;/p-2. The van der Waals surface area contributed by atoms with E-state index in [0.29, 0.717) is 0 Å². The van der Waals surface area contributed by atoms with Gasteiger partial charge < -0.3 is 29.4 Å². The summed E-state index contributed by atoms with van der Waals surface area (Å²) < 4.78 is 40.4. The number of benzene rings is 5. The van der Waals surface area contributed by atoms with Crippen LogP contribution in [0.4, 0.5) is 13.2 Å². The summed E-state index contributed by atoms with van der Waals surface area (Å²) >= 11 is 0. The number of alkyl halides is 3. The number of halogens is 5. The highest BCUT2D eigenvalue weighted by molar-refractivity contribution is 7.95. The molecule has 0 bridgehead atoms. The summed E-state index contributed by atoms with van der Waals surface area (Å²) in [6, 6.07) is 50.3. The van der Waals surface area contributed by atoms with E-state index in [2.05, 4.69) is 170 Å². The Labute approximate surface area is 516 Å². The molecule has 0 aromatic heterocycles. The SMILES string of the molecule is CCCCCCCC[P+](CCCCCCCC)(CCCCCCCC)Cc1cccc(C(F)(F)F)c1.CCCC[P+](CCCC)(CCCC)CCCC.[Br-].[Cl-].c1ccc(C[P+](c2ccccc2)(c2ccccc2)c2ccccc2)cc1. The monoisotopic (exact) mass is 1260 g/mol. The highest BCUT2D eigenvalue weighted by Gasteiger charge is 2.45. The first-order chi connectivity index (χ1) is 38.5. The lowest BCUT2D eigenvalue weighted by atomic mass is 10.1. The first kappa shape index (κ1) is 77.0. The van der Waals surface area contributed by atoms with E-state index in [1.54, 1.807) is 30.7 Å². The molecule has 0 unspecified atom stereocenters. The molecule has 0 amide bonds. The maximum Gasteiger partial charge on any atom is 0.416 e. The van der Waals surface area contributed by atoms with Crippen LogP contribution < -0.4 is 45.3 Å². The van der Waals surface area contributed by atoms with Gasteiger partial charge in [-0.15, -0.1) is 0 Å². The summed E-state index contributed by atoms with van der Waals surface area (Å²) in [5.41, 5.74) is 1.84. The average molecular weight is 1260 g/mol. The summed E-state index contributed by atoms with van der Waals surface area (Å²) in [4.78, 5) is 0. The molecule has 5 aromatic rings. The molecular formula is C73H115BrClF3P3+. The van der Waals surface area contributed by atoms with E-state index < -0.39 is 33.5 Å². The van der Waals surface area contributed by atoms with Crippen LogP contribution in [0.15, 0.2) is 146 Å². The highest BCUT2D eigenvalue weighted by atomic mass is 79.9. The second kappa shape index (κ2) is 47.1. The van der Waals surface area contributed by atoms with E-state index in [-0.39, 0.29) is 29.4 Å². The second-order valence-electron chi connectivity index (χ2n) is 23.3. The van der Waals surface area contributed by atoms with Gasteiger partial charge in [-0.25, -0.2) is 0 Å². The Morgan fingerprint density at radius 3 is 0.901 bits per heavy atom. The first-order valence-electron chi connectivity index (χ1n) is 32.5. The van der Waals surface area contributed by atoms with E-state index in [1.165, 1.54) is 219 Å². The van der Waals surface area contributed by atoms with Gasteiger partial charge in [-0.2, -0.15) is 13.2 Å². The van der Waals surface area contributed by atoms with Crippen molar-refractivity contribution in [3.63, 3.8) is 0 Å². The quantitative estimate of drug-likeness (QED) is 0.0271. The van der Waals surface area contributed by atoms with Crippen molar-refractivity contribution < 1.29 is 42.6 Å². The van der Waals surface area contributed by atoms with Crippen LogP contribution in [0.25, 0.3) is 0 Å². The molecule has 0 aliphatic heterocycles. The lowest BCUT2D eigenvalue weighted by Gasteiger charge is -2.29. The minimum absolute atomic E-state index is 0. The van der Waals surface area contributed by atoms with Crippen molar-refractivity contribution in [1.82, 2.24) is 0 Å². The van der Waals surface area contributed by atoms with Gasteiger partial charge in [0.1, 0.15) is 23.2 Å². The van der Waals surface area contributed by atoms with E-state index >= 15 is 0 Å². The fourth-order valence-electron chi connectivity index (χ4n) is 11.8. The first-order valence-corrected chi connectivity index (χ1v) is 39.5. The van der Waals surface area contributed by atoms with Crippen LogP contribution in [-0.4, -0.2) is 43.1 Å². The number of unbranched alkanes of at least 4 members (excludes halogenated alkanes) is 19.